The molecule has 166 valence electrons. The smallest absolute Gasteiger partial charge is 0.310 e. The summed E-state index contributed by atoms with van der Waals surface area (Å²) in [5.74, 6) is -1.95. The highest BCUT2D eigenvalue weighted by atomic mass is 35.5. The Morgan fingerprint density at radius 2 is 1.78 bits per heavy atom. The Kier molecular flexibility index (Phi) is 7.00. The molecule has 3 aromatic rings. The summed E-state index contributed by atoms with van der Waals surface area (Å²) in [6.07, 6.45) is 1.50. The van der Waals surface area contributed by atoms with Gasteiger partial charge in [0.1, 0.15) is 5.75 Å². The van der Waals surface area contributed by atoms with Crippen LogP contribution in [0.5, 0.6) is 5.75 Å². The van der Waals surface area contributed by atoms with Crippen LogP contribution in [0.2, 0.25) is 5.02 Å². The van der Waals surface area contributed by atoms with Crippen molar-refractivity contribution in [3.8, 4) is 16.9 Å². The first-order valence-corrected chi connectivity index (χ1v) is 10.3. The highest BCUT2D eigenvalue weighted by Gasteiger charge is 2.28. The first-order valence-electron chi connectivity index (χ1n) is 9.95. The molecule has 0 aliphatic rings. The number of pyridine rings is 1. The maximum atomic E-state index is 12.3. The molecule has 0 spiro atoms. The summed E-state index contributed by atoms with van der Waals surface area (Å²) >= 11 is 5.92. The molecule has 0 aliphatic carbocycles. The van der Waals surface area contributed by atoms with E-state index in [1.165, 1.54) is 26.1 Å². The van der Waals surface area contributed by atoms with E-state index < -0.39 is 17.3 Å². The first kappa shape index (κ1) is 23.1. The molecule has 0 saturated carbocycles. The van der Waals surface area contributed by atoms with Gasteiger partial charge in [0.2, 0.25) is 0 Å². The molecule has 32 heavy (non-hydrogen) atoms. The lowest BCUT2D eigenvalue weighted by Gasteiger charge is -2.19. The fourth-order valence-corrected chi connectivity index (χ4v) is 2.99. The van der Waals surface area contributed by atoms with Crippen molar-refractivity contribution in [2.24, 2.45) is 5.41 Å². The number of nitrogens with one attached hydrogen (secondary N) is 2. The second-order valence-electron chi connectivity index (χ2n) is 8.02. The van der Waals surface area contributed by atoms with Crippen LogP contribution >= 0.6 is 11.6 Å². The number of carbonyl (C=O) groups is 2. The quantitative estimate of drug-likeness (QED) is 0.398. The molecular formula is C24H24ClN3O4. The van der Waals surface area contributed by atoms with Gasteiger partial charge in [-0.15, -0.1) is 0 Å². The van der Waals surface area contributed by atoms with Crippen molar-refractivity contribution in [1.29, 1.82) is 0 Å². The Labute approximate surface area is 191 Å². The Bertz CT molecular complexity index is 1130. The Morgan fingerprint density at radius 3 is 2.44 bits per heavy atom. The molecule has 3 rings (SSSR count). The normalized spacial score (nSPS) is 11.1. The monoisotopic (exact) mass is 453 g/mol. The van der Waals surface area contributed by atoms with E-state index in [0.717, 1.165) is 16.8 Å². The summed E-state index contributed by atoms with van der Waals surface area (Å²) in [6, 6.07) is 16.6. The zero-order valence-electron chi connectivity index (χ0n) is 17.7. The number of nitrogens with zero attached hydrogens (tertiary/aromatic N) is 1. The van der Waals surface area contributed by atoms with E-state index in [2.05, 4.69) is 15.6 Å². The lowest BCUT2D eigenvalue weighted by Crippen LogP contribution is -2.39. The number of benzene rings is 2. The molecule has 0 unspecified atom stereocenters. The van der Waals surface area contributed by atoms with Crippen LogP contribution in [0.4, 0.5) is 5.69 Å². The van der Waals surface area contributed by atoms with Crippen LogP contribution < -0.4 is 10.6 Å². The van der Waals surface area contributed by atoms with Gasteiger partial charge in [-0.2, -0.15) is 0 Å². The van der Waals surface area contributed by atoms with Crippen LogP contribution in [0.15, 0.2) is 60.8 Å². The number of rotatable bonds is 8. The van der Waals surface area contributed by atoms with Gasteiger partial charge in [-0.05, 0) is 55.3 Å². The number of amides is 1. The summed E-state index contributed by atoms with van der Waals surface area (Å²) in [5, 5.41) is 26.0. The number of carboxylic acid groups (broad SMARTS) is 1. The number of carbonyl (C=O) groups excluding carboxylic acids is 1. The highest BCUT2D eigenvalue weighted by molar-refractivity contribution is 6.30. The van der Waals surface area contributed by atoms with Gasteiger partial charge in [0.05, 0.1) is 5.41 Å². The molecule has 0 atom stereocenters. The summed E-state index contributed by atoms with van der Waals surface area (Å²) in [7, 11) is 0. The molecule has 0 saturated heterocycles. The van der Waals surface area contributed by atoms with Crippen molar-refractivity contribution in [2.75, 3.05) is 11.9 Å². The van der Waals surface area contributed by atoms with Crippen molar-refractivity contribution in [3.63, 3.8) is 0 Å². The fourth-order valence-electron chi connectivity index (χ4n) is 2.86. The molecule has 0 radical (unpaired) electrons. The topological polar surface area (TPSA) is 112 Å². The third-order valence-electron chi connectivity index (χ3n) is 4.96. The molecule has 2 aromatic carbocycles. The number of halogens is 1. The predicted molar refractivity (Wildman–Crippen MR) is 124 cm³/mol. The first-order chi connectivity index (χ1) is 15.2. The highest BCUT2D eigenvalue weighted by Crippen LogP contribution is 2.27. The van der Waals surface area contributed by atoms with E-state index in [1.54, 1.807) is 0 Å². The van der Waals surface area contributed by atoms with E-state index in [-0.39, 0.29) is 18.0 Å². The summed E-state index contributed by atoms with van der Waals surface area (Å²) in [6.45, 7) is 3.53. The van der Waals surface area contributed by atoms with Crippen LogP contribution in [0.25, 0.3) is 11.1 Å². The number of hydrogen-bond donors (Lipinski definition) is 4. The van der Waals surface area contributed by atoms with Crippen molar-refractivity contribution in [3.05, 3.63) is 77.1 Å². The van der Waals surface area contributed by atoms with Gasteiger partial charge in [0, 0.05) is 35.6 Å². The van der Waals surface area contributed by atoms with Gasteiger partial charge < -0.3 is 20.8 Å². The van der Waals surface area contributed by atoms with E-state index in [9.17, 15) is 14.7 Å². The number of aliphatic carboxylic acids is 1. The number of aromatic nitrogens is 1. The van der Waals surface area contributed by atoms with Gasteiger partial charge in [-0.1, -0.05) is 35.9 Å². The molecule has 0 fully saturated rings. The van der Waals surface area contributed by atoms with Crippen LogP contribution in [-0.2, 0) is 11.3 Å². The van der Waals surface area contributed by atoms with Gasteiger partial charge >= 0.3 is 5.97 Å². The third-order valence-corrected chi connectivity index (χ3v) is 5.21. The van der Waals surface area contributed by atoms with E-state index in [0.29, 0.717) is 17.1 Å². The molecule has 1 amide bonds. The second-order valence-corrected chi connectivity index (χ2v) is 8.46. The van der Waals surface area contributed by atoms with E-state index >= 15 is 0 Å². The summed E-state index contributed by atoms with van der Waals surface area (Å²) in [4.78, 5) is 27.6. The van der Waals surface area contributed by atoms with Gasteiger partial charge in [-0.3, -0.25) is 9.59 Å². The zero-order valence-corrected chi connectivity index (χ0v) is 18.5. The van der Waals surface area contributed by atoms with E-state index in [1.807, 2.05) is 48.5 Å². The predicted octanol–water partition coefficient (Wildman–Crippen LogP) is 4.56. The summed E-state index contributed by atoms with van der Waals surface area (Å²) in [5.41, 5.74) is 2.13. The van der Waals surface area contributed by atoms with Crippen LogP contribution in [0.3, 0.4) is 0 Å². The van der Waals surface area contributed by atoms with Gasteiger partial charge in [0.15, 0.2) is 5.69 Å². The molecule has 0 aliphatic heterocycles. The standard InChI is InChI=1S/C24H24ClN3O4/c1-24(2,23(31)32)14-28-22(30)21-20(29)11-17(13-27-21)16-4-3-5-19(10-16)26-12-15-6-8-18(25)9-7-15/h3-11,13,26,29H,12,14H2,1-2H3,(H,28,30)(H,31,32). The average Bonchev–Trinajstić information content (AvgIpc) is 2.77. The average molecular weight is 454 g/mol. The maximum Gasteiger partial charge on any atom is 0.310 e. The minimum absolute atomic E-state index is 0.0919. The molecule has 0 bridgehead atoms. The Hall–Kier alpha value is -3.58. The van der Waals surface area contributed by atoms with E-state index in [4.69, 9.17) is 16.7 Å². The van der Waals surface area contributed by atoms with Gasteiger partial charge in [0.25, 0.3) is 5.91 Å². The number of carboxylic acids is 1. The third kappa shape index (κ3) is 5.76. The van der Waals surface area contributed by atoms with Crippen LogP contribution in [0.1, 0.15) is 29.9 Å². The van der Waals surface area contributed by atoms with Crippen molar-refractivity contribution in [1.82, 2.24) is 10.3 Å². The largest absolute Gasteiger partial charge is 0.505 e. The Morgan fingerprint density at radius 1 is 1.06 bits per heavy atom. The molecule has 4 N–H and O–H groups in total. The minimum Gasteiger partial charge on any atom is -0.505 e. The summed E-state index contributed by atoms with van der Waals surface area (Å²) < 4.78 is 0. The van der Waals surface area contributed by atoms with Crippen molar-refractivity contribution < 1.29 is 19.8 Å². The zero-order chi connectivity index (χ0) is 23.3. The SMILES string of the molecule is CC(C)(CNC(=O)c1ncc(-c2cccc(NCc3ccc(Cl)cc3)c2)cc1O)C(=O)O. The van der Waals surface area contributed by atoms with Crippen LogP contribution in [-0.4, -0.2) is 33.6 Å². The van der Waals surface area contributed by atoms with Crippen molar-refractivity contribution in [2.45, 2.75) is 20.4 Å². The Balaban J connectivity index is 1.70. The lowest BCUT2D eigenvalue weighted by molar-refractivity contribution is -0.146. The molecule has 7 nitrogen and oxygen atoms in total. The van der Waals surface area contributed by atoms with Crippen molar-refractivity contribution >= 4 is 29.2 Å². The maximum absolute atomic E-state index is 12.3. The van der Waals surface area contributed by atoms with Gasteiger partial charge in [-0.25, -0.2) is 4.98 Å². The molecule has 8 heteroatoms. The minimum atomic E-state index is -1.13. The molecule has 1 heterocycles. The number of anilines is 1. The number of hydrogen-bond acceptors (Lipinski definition) is 5. The number of aromatic hydroxyl groups is 1. The van der Waals surface area contributed by atoms with Crippen LogP contribution in [0, 0.1) is 5.41 Å². The lowest BCUT2D eigenvalue weighted by atomic mass is 9.94. The molecular weight excluding hydrogens is 430 g/mol. The fraction of sp³-hybridized carbons (Fsp3) is 0.208. The molecule has 1 aromatic heterocycles. The second kappa shape index (κ2) is 9.70.